The Kier molecular flexibility index (Phi) is 5.23. The SMILES string of the molecule is C=CCCNC(CN)c1cc(C)ccc1C. The number of aryl methyl sites for hydroxylation is 2. The molecule has 16 heavy (non-hydrogen) atoms. The molecule has 1 rings (SSSR count). The summed E-state index contributed by atoms with van der Waals surface area (Å²) in [6.45, 7) is 9.52. The first-order valence-corrected chi connectivity index (χ1v) is 5.80. The minimum Gasteiger partial charge on any atom is -0.329 e. The van der Waals surface area contributed by atoms with Gasteiger partial charge in [0.25, 0.3) is 0 Å². The van der Waals surface area contributed by atoms with Gasteiger partial charge in [-0.15, -0.1) is 6.58 Å². The molecule has 1 aromatic rings. The van der Waals surface area contributed by atoms with Crippen LogP contribution in [0.25, 0.3) is 0 Å². The molecular formula is C14H22N2. The quantitative estimate of drug-likeness (QED) is 0.568. The van der Waals surface area contributed by atoms with Crippen LogP contribution in [0.1, 0.15) is 29.2 Å². The van der Waals surface area contributed by atoms with Gasteiger partial charge >= 0.3 is 0 Å². The molecule has 0 aliphatic carbocycles. The van der Waals surface area contributed by atoms with Gasteiger partial charge in [-0.1, -0.05) is 29.8 Å². The molecule has 0 aliphatic heterocycles. The first-order chi connectivity index (χ1) is 7.69. The molecule has 0 fully saturated rings. The molecule has 0 saturated carbocycles. The third-order valence-electron chi connectivity index (χ3n) is 2.79. The van der Waals surface area contributed by atoms with Crippen molar-refractivity contribution < 1.29 is 0 Å². The highest BCUT2D eigenvalue weighted by molar-refractivity contribution is 5.33. The van der Waals surface area contributed by atoms with Gasteiger partial charge in [0.2, 0.25) is 0 Å². The predicted molar refractivity (Wildman–Crippen MR) is 70.5 cm³/mol. The zero-order chi connectivity index (χ0) is 12.0. The monoisotopic (exact) mass is 218 g/mol. The topological polar surface area (TPSA) is 38.0 Å². The second-order valence-corrected chi connectivity index (χ2v) is 4.18. The second kappa shape index (κ2) is 6.46. The first kappa shape index (κ1) is 12.9. The highest BCUT2D eigenvalue weighted by Crippen LogP contribution is 2.18. The van der Waals surface area contributed by atoms with Gasteiger partial charge in [0.1, 0.15) is 0 Å². The molecule has 3 N–H and O–H groups in total. The van der Waals surface area contributed by atoms with Crippen molar-refractivity contribution in [1.82, 2.24) is 5.32 Å². The Morgan fingerprint density at radius 1 is 1.44 bits per heavy atom. The van der Waals surface area contributed by atoms with E-state index in [2.05, 4.69) is 43.9 Å². The van der Waals surface area contributed by atoms with E-state index >= 15 is 0 Å². The molecule has 1 unspecified atom stereocenters. The van der Waals surface area contributed by atoms with Crippen LogP contribution in [0.5, 0.6) is 0 Å². The van der Waals surface area contributed by atoms with Crippen molar-refractivity contribution in [3.8, 4) is 0 Å². The summed E-state index contributed by atoms with van der Waals surface area (Å²) in [6.07, 6.45) is 2.89. The average molecular weight is 218 g/mol. The summed E-state index contributed by atoms with van der Waals surface area (Å²) in [6, 6.07) is 6.76. The molecule has 0 aliphatic rings. The van der Waals surface area contributed by atoms with Crippen LogP contribution in [0, 0.1) is 13.8 Å². The molecule has 0 bridgehead atoms. The summed E-state index contributed by atoms with van der Waals surface area (Å²) in [5.41, 5.74) is 9.71. The van der Waals surface area contributed by atoms with Crippen molar-refractivity contribution in [3.63, 3.8) is 0 Å². The van der Waals surface area contributed by atoms with E-state index in [1.54, 1.807) is 0 Å². The van der Waals surface area contributed by atoms with Crippen LogP contribution in [-0.2, 0) is 0 Å². The van der Waals surface area contributed by atoms with Crippen molar-refractivity contribution >= 4 is 0 Å². The highest BCUT2D eigenvalue weighted by Gasteiger charge is 2.10. The largest absolute Gasteiger partial charge is 0.329 e. The number of nitrogens with two attached hydrogens (primary N) is 1. The molecule has 1 aromatic carbocycles. The van der Waals surface area contributed by atoms with Crippen molar-refractivity contribution in [2.24, 2.45) is 5.73 Å². The standard InChI is InChI=1S/C14H22N2/c1-4-5-8-16-14(10-15)13-9-11(2)6-7-12(13)3/h4,6-7,9,14,16H,1,5,8,10,15H2,2-3H3. The predicted octanol–water partition coefficient (Wildman–Crippen LogP) is 2.47. The molecule has 0 radical (unpaired) electrons. The summed E-state index contributed by atoms with van der Waals surface area (Å²) in [4.78, 5) is 0. The van der Waals surface area contributed by atoms with Crippen LogP contribution in [0.4, 0.5) is 0 Å². The first-order valence-electron chi connectivity index (χ1n) is 5.80. The molecule has 0 aromatic heterocycles. The highest BCUT2D eigenvalue weighted by atomic mass is 14.9. The van der Waals surface area contributed by atoms with E-state index in [9.17, 15) is 0 Å². The van der Waals surface area contributed by atoms with Crippen molar-refractivity contribution in [2.75, 3.05) is 13.1 Å². The van der Waals surface area contributed by atoms with Crippen LogP contribution in [0.3, 0.4) is 0 Å². The minimum absolute atomic E-state index is 0.250. The third-order valence-corrected chi connectivity index (χ3v) is 2.79. The van der Waals surface area contributed by atoms with Gasteiger partial charge in [-0.05, 0) is 37.9 Å². The Hall–Kier alpha value is -1.12. The molecule has 0 amide bonds. The normalized spacial score (nSPS) is 12.4. The molecule has 2 heteroatoms. The molecule has 88 valence electrons. The molecule has 1 atom stereocenters. The van der Waals surface area contributed by atoms with Gasteiger partial charge in [-0.3, -0.25) is 0 Å². The molecule has 0 spiro atoms. The summed E-state index contributed by atoms with van der Waals surface area (Å²) in [5, 5.41) is 3.46. The Bertz CT molecular complexity index is 345. The number of rotatable bonds is 6. The summed E-state index contributed by atoms with van der Waals surface area (Å²) >= 11 is 0. The van der Waals surface area contributed by atoms with E-state index in [1.165, 1.54) is 16.7 Å². The lowest BCUT2D eigenvalue weighted by atomic mass is 9.99. The fourth-order valence-corrected chi connectivity index (χ4v) is 1.82. The number of hydrogen-bond acceptors (Lipinski definition) is 2. The minimum atomic E-state index is 0.250. The summed E-state index contributed by atoms with van der Waals surface area (Å²) in [7, 11) is 0. The van der Waals surface area contributed by atoms with Crippen molar-refractivity contribution in [2.45, 2.75) is 26.3 Å². The molecule has 0 heterocycles. The van der Waals surface area contributed by atoms with Crippen LogP contribution < -0.4 is 11.1 Å². The zero-order valence-corrected chi connectivity index (χ0v) is 10.3. The van der Waals surface area contributed by atoms with Gasteiger partial charge in [0, 0.05) is 12.6 Å². The summed E-state index contributed by atoms with van der Waals surface area (Å²) < 4.78 is 0. The second-order valence-electron chi connectivity index (χ2n) is 4.18. The lowest BCUT2D eigenvalue weighted by Crippen LogP contribution is -2.29. The van der Waals surface area contributed by atoms with Crippen molar-refractivity contribution in [3.05, 3.63) is 47.5 Å². The number of hydrogen-bond donors (Lipinski definition) is 2. The summed E-state index contributed by atoms with van der Waals surface area (Å²) in [5.74, 6) is 0. The lowest BCUT2D eigenvalue weighted by Gasteiger charge is -2.19. The van der Waals surface area contributed by atoms with Gasteiger partial charge < -0.3 is 11.1 Å². The van der Waals surface area contributed by atoms with Crippen LogP contribution in [0.2, 0.25) is 0 Å². The molecule has 2 nitrogen and oxygen atoms in total. The van der Waals surface area contributed by atoms with Gasteiger partial charge in [-0.25, -0.2) is 0 Å². The van der Waals surface area contributed by atoms with Gasteiger partial charge in [0.15, 0.2) is 0 Å². The van der Waals surface area contributed by atoms with Gasteiger partial charge in [-0.2, -0.15) is 0 Å². The smallest absolute Gasteiger partial charge is 0.0447 e. The average Bonchev–Trinajstić information content (AvgIpc) is 2.28. The van der Waals surface area contributed by atoms with Crippen LogP contribution >= 0.6 is 0 Å². The Morgan fingerprint density at radius 3 is 2.81 bits per heavy atom. The zero-order valence-electron chi connectivity index (χ0n) is 10.3. The lowest BCUT2D eigenvalue weighted by molar-refractivity contribution is 0.546. The fourth-order valence-electron chi connectivity index (χ4n) is 1.82. The number of nitrogens with one attached hydrogen (secondary N) is 1. The van der Waals surface area contributed by atoms with E-state index in [0.717, 1.165) is 13.0 Å². The molecular weight excluding hydrogens is 196 g/mol. The maximum Gasteiger partial charge on any atom is 0.0447 e. The maximum absolute atomic E-state index is 5.82. The van der Waals surface area contributed by atoms with E-state index in [-0.39, 0.29) is 6.04 Å². The Balaban J connectivity index is 2.77. The van der Waals surface area contributed by atoms with E-state index in [0.29, 0.717) is 6.54 Å². The third kappa shape index (κ3) is 3.47. The fraction of sp³-hybridized carbons (Fsp3) is 0.429. The van der Waals surface area contributed by atoms with Gasteiger partial charge in [0.05, 0.1) is 0 Å². The van der Waals surface area contributed by atoms with Crippen LogP contribution in [0.15, 0.2) is 30.9 Å². The van der Waals surface area contributed by atoms with E-state index in [1.807, 2.05) is 6.08 Å². The number of benzene rings is 1. The maximum atomic E-state index is 5.82. The van der Waals surface area contributed by atoms with Crippen molar-refractivity contribution in [1.29, 1.82) is 0 Å². The molecule has 0 saturated heterocycles. The van der Waals surface area contributed by atoms with E-state index < -0.39 is 0 Å². The Labute approximate surface area is 98.6 Å². The van der Waals surface area contributed by atoms with Crippen LogP contribution in [-0.4, -0.2) is 13.1 Å². The Morgan fingerprint density at radius 2 is 2.19 bits per heavy atom. The van der Waals surface area contributed by atoms with E-state index in [4.69, 9.17) is 5.73 Å².